The van der Waals surface area contributed by atoms with E-state index < -0.39 is 0 Å². The van der Waals surface area contributed by atoms with Crippen LogP contribution in [0.2, 0.25) is 0 Å². The van der Waals surface area contributed by atoms with Crippen LogP contribution in [-0.2, 0) is 6.42 Å². The molecule has 2 heteroatoms. The highest BCUT2D eigenvalue weighted by atomic mass is 19.1. The van der Waals surface area contributed by atoms with Crippen LogP contribution in [0.5, 0.6) is 0 Å². The van der Waals surface area contributed by atoms with Crippen molar-refractivity contribution in [2.45, 2.75) is 46.1 Å². The standard InChI is InChI=1S/C18H18FN.C2H6/c1-2-13-7-9-14(10-8-13)17-11-12-18(20-17)15-5-3-4-6-16(15)19;1-2/h3-10,17H,2,11-12H2,1H3;1-2H3. The van der Waals surface area contributed by atoms with E-state index in [0.29, 0.717) is 5.56 Å². The lowest BCUT2D eigenvalue weighted by Crippen LogP contribution is -1.99. The van der Waals surface area contributed by atoms with Crippen LogP contribution < -0.4 is 0 Å². The van der Waals surface area contributed by atoms with Crippen LogP contribution in [0.3, 0.4) is 0 Å². The second kappa shape index (κ2) is 7.88. The Bertz CT molecular complexity index is 628. The topological polar surface area (TPSA) is 12.4 Å². The second-order valence-corrected chi connectivity index (χ2v) is 5.21. The molecule has 1 aliphatic heterocycles. The van der Waals surface area contributed by atoms with E-state index in [1.807, 2.05) is 26.0 Å². The Balaban J connectivity index is 0.000000847. The average Bonchev–Trinajstić information content (AvgIpc) is 3.07. The molecule has 0 saturated carbocycles. The first-order valence-electron chi connectivity index (χ1n) is 8.18. The molecule has 1 atom stereocenters. The number of hydrogen-bond donors (Lipinski definition) is 0. The summed E-state index contributed by atoms with van der Waals surface area (Å²) in [5, 5.41) is 0. The van der Waals surface area contributed by atoms with Crippen molar-refractivity contribution in [1.29, 1.82) is 0 Å². The summed E-state index contributed by atoms with van der Waals surface area (Å²) in [5.41, 5.74) is 4.12. The first-order valence-corrected chi connectivity index (χ1v) is 8.18. The van der Waals surface area contributed by atoms with Crippen LogP contribution in [0.25, 0.3) is 0 Å². The summed E-state index contributed by atoms with van der Waals surface area (Å²) >= 11 is 0. The molecule has 0 aliphatic carbocycles. The van der Waals surface area contributed by atoms with Gasteiger partial charge < -0.3 is 0 Å². The molecule has 0 spiro atoms. The molecule has 1 aliphatic rings. The molecule has 3 rings (SSSR count). The van der Waals surface area contributed by atoms with E-state index in [-0.39, 0.29) is 11.9 Å². The molecular formula is C20H24FN. The van der Waals surface area contributed by atoms with Gasteiger partial charge in [0.2, 0.25) is 0 Å². The predicted molar refractivity (Wildman–Crippen MR) is 92.1 cm³/mol. The maximum absolute atomic E-state index is 13.8. The largest absolute Gasteiger partial charge is 0.281 e. The van der Waals surface area contributed by atoms with Crippen molar-refractivity contribution in [3.63, 3.8) is 0 Å². The Kier molecular flexibility index (Phi) is 5.88. The van der Waals surface area contributed by atoms with Crippen molar-refractivity contribution in [3.05, 3.63) is 71.0 Å². The van der Waals surface area contributed by atoms with Crippen LogP contribution in [0.4, 0.5) is 4.39 Å². The predicted octanol–water partition coefficient (Wildman–Crippen LogP) is 5.74. The number of aliphatic imine (C=N–C) groups is 1. The minimum absolute atomic E-state index is 0.173. The Morgan fingerprint density at radius 3 is 2.36 bits per heavy atom. The smallest absolute Gasteiger partial charge is 0.132 e. The van der Waals surface area contributed by atoms with E-state index in [9.17, 15) is 4.39 Å². The Hall–Kier alpha value is -1.96. The molecule has 2 aromatic rings. The average molecular weight is 297 g/mol. The highest BCUT2D eigenvalue weighted by Gasteiger charge is 2.21. The molecule has 2 aromatic carbocycles. The molecule has 22 heavy (non-hydrogen) atoms. The quantitative estimate of drug-likeness (QED) is 0.685. The SMILES string of the molecule is CC.CCc1ccc(C2CCC(c3ccccc3F)=N2)cc1. The highest BCUT2D eigenvalue weighted by Crippen LogP contribution is 2.31. The molecule has 1 unspecified atom stereocenters. The molecule has 0 N–H and O–H groups in total. The lowest BCUT2D eigenvalue weighted by molar-refractivity contribution is 0.625. The zero-order valence-corrected chi connectivity index (χ0v) is 13.6. The van der Waals surface area contributed by atoms with Gasteiger partial charge in [0.15, 0.2) is 0 Å². The number of benzene rings is 2. The van der Waals surface area contributed by atoms with Gasteiger partial charge in [-0.1, -0.05) is 63.2 Å². The molecule has 0 fully saturated rings. The van der Waals surface area contributed by atoms with Crippen molar-refractivity contribution in [2.24, 2.45) is 4.99 Å². The molecule has 116 valence electrons. The third-order valence-corrected chi connectivity index (χ3v) is 3.92. The van der Waals surface area contributed by atoms with Gasteiger partial charge in [-0.25, -0.2) is 4.39 Å². The normalized spacial score (nSPS) is 16.7. The first-order chi connectivity index (χ1) is 10.8. The van der Waals surface area contributed by atoms with Crippen molar-refractivity contribution in [2.75, 3.05) is 0 Å². The van der Waals surface area contributed by atoms with Crippen molar-refractivity contribution >= 4 is 5.71 Å². The highest BCUT2D eigenvalue weighted by molar-refractivity contribution is 6.02. The Labute approximate surface area is 132 Å². The van der Waals surface area contributed by atoms with Gasteiger partial charge in [-0.05, 0) is 36.5 Å². The monoisotopic (exact) mass is 297 g/mol. The Morgan fingerprint density at radius 1 is 1.05 bits per heavy atom. The van der Waals surface area contributed by atoms with E-state index >= 15 is 0 Å². The van der Waals surface area contributed by atoms with E-state index in [1.54, 1.807) is 6.07 Å². The van der Waals surface area contributed by atoms with Crippen LogP contribution in [0.15, 0.2) is 53.5 Å². The summed E-state index contributed by atoms with van der Waals surface area (Å²) in [6.45, 7) is 6.15. The molecule has 0 radical (unpaired) electrons. The van der Waals surface area contributed by atoms with E-state index in [2.05, 4.69) is 31.2 Å². The summed E-state index contributed by atoms with van der Waals surface area (Å²) in [6, 6.07) is 15.7. The number of aryl methyl sites for hydroxylation is 1. The lowest BCUT2D eigenvalue weighted by Gasteiger charge is -2.07. The molecule has 0 aromatic heterocycles. The number of nitrogens with zero attached hydrogens (tertiary/aromatic N) is 1. The summed E-state index contributed by atoms with van der Waals surface area (Å²) in [4.78, 5) is 4.72. The van der Waals surface area contributed by atoms with E-state index in [1.165, 1.54) is 17.2 Å². The van der Waals surface area contributed by atoms with Crippen LogP contribution in [0.1, 0.15) is 56.3 Å². The Morgan fingerprint density at radius 2 is 1.73 bits per heavy atom. The van der Waals surface area contributed by atoms with Gasteiger partial charge in [0, 0.05) is 11.3 Å². The number of halogens is 1. The van der Waals surface area contributed by atoms with E-state index in [0.717, 1.165) is 25.0 Å². The van der Waals surface area contributed by atoms with Gasteiger partial charge in [-0.2, -0.15) is 0 Å². The van der Waals surface area contributed by atoms with Crippen molar-refractivity contribution in [1.82, 2.24) is 0 Å². The lowest BCUT2D eigenvalue weighted by atomic mass is 10.0. The molecule has 0 amide bonds. The third-order valence-electron chi connectivity index (χ3n) is 3.92. The fourth-order valence-corrected chi connectivity index (χ4v) is 2.71. The fraction of sp³-hybridized carbons (Fsp3) is 0.350. The van der Waals surface area contributed by atoms with Gasteiger partial charge >= 0.3 is 0 Å². The summed E-state index contributed by atoms with van der Waals surface area (Å²) in [6.07, 6.45) is 2.87. The van der Waals surface area contributed by atoms with Gasteiger partial charge in [-0.15, -0.1) is 0 Å². The van der Waals surface area contributed by atoms with E-state index in [4.69, 9.17) is 4.99 Å². The fourth-order valence-electron chi connectivity index (χ4n) is 2.71. The summed E-state index contributed by atoms with van der Waals surface area (Å²) in [5.74, 6) is -0.173. The number of rotatable bonds is 3. The van der Waals surface area contributed by atoms with Crippen molar-refractivity contribution < 1.29 is 4.39 Å². The number of hydrogen-bond acceptors (Lipinski definition) is 1. The van der Waals surface area contributed by atoms with Gasteiger partial charge in [-0.3, -0.25) is 4.99 Å². The van der Waals surface area contributed by atoms with Crippen LogP contribution in [-0.4, -0.2) is 5.71 Å². The maximum Gasteiger partial charge on any atom is 0.132 e. The van der Waals surface area contributed by atoms with Crippen LogP contribution >= 0.6 is 0 Å². The summed E-state index contributed by atoms with van der Waals surface area (Å²) < 4.78 is 13.8. The maximum atomic E-state index is 13.8. The van der Waals surface area contributed by atoms with Gasteiger partial charge in [0.25, 0.3) is 0 Å². The first kappa shape index (κ1) is 16.4. The minimum atomic E-state index is -0.173. The molecular weight excluding hydrogens is 273 g/mol. The zero-order chi connectivity index (χ0) is 15.9. The van der Waals surface area contributed by atoms with Gasteiger partial charge in [0.05, 0.1) is 6.04 Å². The molecule has 0 saturated heterocycles. The van der Waals surface area contributed by atoms with Gasteiger partial charge in [0.1, 0.15) is 5.82 Å². The van der Waals surface area contributed by atoms with Crippen LogP contribution in [0, 0.1) is 5.82 Å². The molecule has 1 nitrogen and oxygen atoms in total. The minimum Gasteiger partial charge on any atom is -0.281 e. The molecule has 0 bridgehead atoms. The molecule has 1 heterocycles. The van der Waals surface area contributed by atoms with Crippen molar-refractivity contribution in [3.8, 4) is 0 Å². The zero-order valence-electron chi connectivity index (χ0n) is 13.6. The second-order valence-electron chi connectivity index (χ2n) is 5.21. The third kappa shape index (κ3) is 3.62. The summed E-state index contributed by atoms with van der Waals surface area (Å²) in [7, 11) is 0.